The van der Waals surface area contributed by atoms with Gasteiger partial charge in [0, 0.05) is 31.8 Å². The predicted molar refractivity (Wildman–Crippen MR) is 80.0 cm³/mol. The summed E-state index contributed by atoms with van der Waals surface area (Å²) in [7, 11) is 1.63. The van der Waals surface area contributed by atoms with E-state index < -0.39 is 0 Å². The standard InChI is InChI=1S/C12H12N4O.2CHN/c1-16-12(17)7-6-11(15-16)10-4-2-9(3-5-10)8-14-13;2*1-2/h2-8H,13H2,1H3;2*1H. The maximum Gasteiger partial charge on any atom is 0.266 e. The lowest BCUT2D eigenvalue weighted by molar-refractivity contribution is 0.712. The maximum absolute atomic E-state index is 11.2. The Bertz CT molecular complexity index is 676. The highest BCUT2D eigenvalue weighted by atomic mass is 16.1. The molecule has 2 rings (SSSR count). The normalized spacial score (nSPS) is 9.00. The van der Waals surface area contributed by atoms with Crippen molar-refractivity contribution in [2.75, 3.05) is 0 Å². The van der Waals surface area contributed by atoms with Crippen LogP contribution in [0.3, 0.4) is 0 Å². The van der Waals surface area contributed by atoms with E-state index in [9.17, 15) is 4.79 Å². The van der Waals surface area contributed by atoms with Crippen LogP contribution < -0.4 is 11.4 Å². The largest absolute Gasteiger partial charge is 0.323 e. The molecule has 2 N–H and O–H groups in total. The number of aromatic nitrogens is 2. The van der Waals surface area contributed by atoms with Crippen LogP contribution in [0, 0.1) is 23.7 Å². The first-order valence-corrected chi connectivity index (χ1v) is 5.60. The molecule has 0 aliphatic carbocycles. The summed E-state index contributed by atoms with van der Waals surface area (Å²) in [4.78, 5) is 11.2. The van der Waals surface area contributed by atoms with Gasteiger partial charge in [-0.2, -0.15) is 10.2 Å². The van der Waals surface area contributed by atoms with Gasteiger partial charge in [-0.15, -0.1) is 0 Å². The topological polar surface area (TPSA) is 121 Å². The molecule has 1 heterocycles. The second-order valence-electron chi connectivity index (χ2n) is 3.58. The van der Waals surface area contributed by atoms with Crippen LogP contribution in [0.25, 0.3) is 11.3 Å². The molecule has 1 aromatic carbocycles. The minimum atomic E-state index is -0.124. The van der Waals surface area contributed by atoms with E-state index in [4.69, 9.17) is 16.4 Å². The summed E-state index contributed by atoms with van der Waals surface area (Å²) in [5.41, 5.74) is 2.49. The Balaban J connectivity index is 0.000000921. The summed E-state index contributed by atoms with van der Waals surface area (Å²) in [6.07, 6.45) is 1.57. The molecule has 0 bridgehead atoms. The van der Waals surface area contributed by atoms with Crippen molar-refractivity contribution in [1.29, 1.82) is 10.5 Å². The first-order chi connectivity index (χ1) is 10.2. The van der Waals surface area contributed by atoms with Gasteiger partial charge < -0.3 is 5.84 Å². The molecular formula is C14H14N6O. The maximum atomic E-state index is 11.2. The van der Waals surface area contributed by atoms with Crippen molar-refractivity contribution < 1.29 is 0 Å². The van der Waals surface area contributed by atoms with Gasteiger partial charge in [0.05, 0.1) is 11.9 Å². The van der Waals surface area contributed by atoms with Crippen molar-refractivity contribution >= 4 is 6.21 Å². The Labute approximate surface area is 122 Å². The smallest absolute Gasteiger partial charge is 0.266 e. The molecule has 2 aromatic rings. The summed E-state index contributed by atoms with van der Waals surface area (Å²) in [6.45, 7) is 7.00. The van der Waals surface area contributed by atoms with E-state index in [1.807, 2.05) is 24.3 Å². The Morgan fingerprint density at radius 3 is 2.19 bits per heavy atom. The lowest BCUT2D eigenvalue weighted by Gasteiger charge is -2.02. The van der Waals surface area contributed by atoms with Crippen molar-refractivity contribution in [3.8, 4) is 24.4 Å². The van der Waals surface area contributed by atoms with Crippen molar-refractivity contribution in [3.05, 3.63) is 52.3 Å². The third-order valence-electron chi connectivity index (χ3n) is 2.39. The average Bonchev–Trinajstić information content (AvgIpc) is 2.55. The number of benzene rings is 1. The van der Waals surface area contributed by atoms with Crippen LogP contribution in [-0.4, -0.2) is 16.0 Å². The van der Waals surface area contributed by atoms with Crippen LogP contribution in [0.15, 0.2) is 46.3 Å². The van der Waals surface area contributed by atoms with Crippen LogP contribution in [0.2, 0.25) is 0 Å². The van der Waals surface area contributed by atoms with Gasteiger partial charge in [-0.25, -0.2) is 15.2 Å². The van der Waals surface area contributed by atoms with E-state index in [2.05, 4.69) is 23.3 Å². The number of nitrogens with zero attached hydrogens (tertiary/aromatic N) is 5. The fraction of sp³-hybridized carbons (Fsp3) is 0.0714. The van der Waals surface area contributed by atoms with Gasteiger partial charge in [0.15, 0.2) is 0 Å². The number of hydrogen-bond acceptors (Lipinski definition) is 6. The highest BCUT2D eigenvalue weighted by Gasteiger charge is 2.00. The van der Waals surface area contributed by atoms with E-state index in [0.29, 0.717) is 0 Å². The Morgan fingerprint density at radius 2 is 1.71 bits per heavy atom. The van der Waals surface area contributed by atoms with E-state index >= 15 is 0 Å². The SMILES string of the molecule is C#N.C#N.Cn1nc(-c2ccc(C=NN)cc2)ccc1=O. The molecule has 0 amide bonds. The summed E-state index contributed by atoms with van der Waals surface area (Å²) in [6, 6.07) is 10.8. The van der Waals surface area contributed by atoms with Gasteiger partial charge in [0.1, 0.15) is 0 Å². The second kappa shape index (κ2) is 9.48. The van der Waals surface area contributed by atoms with Gasteiger partial charge >= 0.3 is 0 Å². The van der Waals surface area contributed by atoms with Crippen LogP contribution in [0.5, 0.6) is 0 Å². The summed E-state index contributed by atoms with van der Waals surface area (Å²) in [5.74, 6) is 5.07. The molecule has 7 nitrogen and oxygen atoms in total. The molecule has 0 saturated heterocycles. The minimum absolute atomic E-state index is 0.124. The molecule has 7 heteroatoms. The number of aryl methyl sites for hydroxylation is 1. The second-order valence-corrected chi connectivity index (χ2v) is 3.58. The summed E-state index contributed by atoms with van der Waals surface area (Å²) < 4.78 is 1.31. The van der Waals surface area contributed by atoms with Crippen LogP contribution >= 0.6 is 0 Å². The third-order valence-corrected chi connectivity index (χ3v) is 2.39. The fourth-order valence-corrected chi connectivity index (χ4v) is 1.48. The van der Waals surface area contributed by atoms with Crippen molar-refractivity contribution in [2.24, 2.45) is 18.0 Å². The molecule has 0 atom stereocenters. The van der Waals surface area contributed by atoms with E-state index in [1.165, 1.54) is 10.7 Å². The molecule has 106 valence electrons. The quantitative estimate of drug-likeness (QED) is 0.500. The average molecular weight is 282 g/mol. The van der Waals surface area contributed by atoms with Crippen molar-refractivity contribution in [2.45, 2.75) is 0 Å². The van der Waals surface area contributed by atoms with Crippen LogP contribution in [0.4, 0.5) is 0 Å². The lowest BCUT2D eigenvalue weighted by Crippen LogP contribution is -2.18. The van der Waals surface area contributed by atoms with E-state index in [0.717, 1.165) is 16.8 Å². The predicted octanol–water partition coefficient (Wildman–Crippen LogP) is 1.02. The molecule has 0 fully saturated rings. The highest BCUT2D eigenvalue weighted by molar-refractivity contribution is 5.80. The summed E-state index contributed by atoms with van der Waals surface area (Å²) in [5, 5.41) is 20.6. The fourth-order valence-electron chi connectivity index (χ4n) is 1.48. The number of rotatable bonds is 2. The number of hydrogen-bond donors (Lipinski definition) is 1. The molecule has 0 saturated carbocycles. The highest BCUT2D eigenvalue weighted by Crippen LogP contribution is 2.15. The van der Waals surface area contributed by atoms with Gasteiger partial charge in [0.25, 0.3) is 5.56 Å². The van der Waals surface area contributed by atoms with Crippen LogP contribution in [-0.2, 0) is 7.05 Å². The first-order valence-electron chi connectivity index (χ1n) is 5.60. The summed E-state index contributed by atoms with van der Waals surface area (Å²) >= 11 is 0. The lowest BCUT2D eigenvalue weighted by atomic mass is 10.1. The molecule has 0 unspecified atom stereocenters. The minimum Gasteiger partial charge on any atom is -0.323 e. The molecule has 0 aliphatic rings. The van der Waals surface area contributed by atoms with Crippen molar-refractivity contribution in [1.82, 2.24) is 9.78 Å². The molecular weight excluding hydrogens is 268 g/mol. The zero-order chi connectivity index (χ0) is 16.3. The van der Waals surface area contributed by atoms with Gasteiger partial charge in [-0.3, -0.25) is 4.79 Å². The molecule has 0 aliphatic heterocycles. The van der Waals surface area contributed by atoms with Crippen molar-refractivity contribution in [3.63, 3.8) is 0 Å². The Hall–Kier alpha value is -3.45. The zero-order valence-corrected chi connectivity index (χ0v) is 11.4. The van der Waals surface area contributed by atoms with E-state index in [-0.39, 0.29) is 5.56 Å². The van der Waals surface area contributed by atoms with E-state index in [1.54, 1.807) is 19.3 Å². The monoisotopic (exact) mass is 282 g/mol. The molecule has 0 radical (unpaired) electrons. The zero-order valence-electron chi connectivity index (χ0n) is 11.4. The van der Waals surface area contributed by atoms with Gasteiger partial charge in [-0.05, 0) is 11.6 Å². The Kier molecular flexibility index (Phi) is 7.92. The molecule has 21 heavy (non-hydrogen) atoms. The third kappa shape index (κ3) is 4.97. The first kappa shape index (κ1) is 17.6. The number of nitriles is 2. The Morgan fingerprint density at radius 1 is 1.14 bits per heavy atom. The molecule has 1 aromatic heterocycles. The number of hydrazone groups is 1. The van der Waals surface area contributed by atoms with Crippen LogP contribution in [0.1, 0.15) is 5.56 Å². The van der Waals surface area contributed by atoms with Gasteiger partial charge in [0.2, 0.25) is 0 Å². The molecule has 0 spiro atoms. The number of nitrogens with two attached hydrogens (primary N) is 1. The van der Waals surface area contributed by atoms with Gasteiger partial charge in [-0.1, -0.05) is 24.3 Å².